The highest BCUT2D eigenvalue weighted by Gasteiger charge is 2.13. The monoisotopic (exact) mass is 441 g/mol. The minimum Gasteiger partial charge on any atom is -0.493 e. The van der Waals surface area contributed by atoms with Crippen molar-refractivity contribution in [3.8, 4) is 11.5 Å². The number of methoxy groups -OCH3 is 1. The summed E-state index contributed by atoms with van der Waals surface area (Å²) in [6.45, 7) is 0.922. The normalized spacial score (nSPS) is 10.4. The van der Waals surface area contributed by atoms with Crippen LogP contribution >= 0.6 is 15.9 Å². The Labute approximate surface area is 172 Å². The summed E-state index contributed by atoms with van der Waals surface area (Å²) in [6.07, 6.45) is 0. The summed E-state index contributed by atoms with van der Waals surface area (Å²) >= 11 is 3.51. The maximum atomic E-state index is 11.0. The molecule has 0 aliphatic carbocycles. The number of anilines is 1. The van der Waals surface area contributed by atoms with Crippen LogP contribution in [-0.2, 0) is 13.2 Å². The van der Waals surface area contributed by atoms with Crippen molar-refractivity contribution in [2.75, 3.05) is 12.4 Å². The molecule has 3 aromatic carbocycles. The van der Waals surface area contributed by atoms with Crippen LogP contribution in [0.3, 0.4) is 0 Å². The van der Waals surface area contributed by atoms with Crippen molar-refractivity contribution in [2.45, 2.75) is 13.2 Å². The second kappa shape index (κ2) is 9.28. The molecule has 5 nitrogen and oxygen atoms in total. The van der Waals surface area contributed by atoms with Gasteiger partial charge in [0.25, 0.3) is 0 Å². The van der Waals surface area contributed by atoms with Crippen molar-refractivity contribution in [2.24, 2.45) is 0 Å². The topological polar surface area (TPSA) is 67.8 Å². The van der Waals surface area contributed by atoms with E-state index in [2.05, 4.69) is 21.2 Å². The standard InChI is InChI=1S/C22H20BrNO4/c1-27-20-12-18(23)11-17(21(20)28-14-15-5-3-2-4-6-15)13-24-19-9-7-16(8-10-19)22(25)26/h2-12,24H,13-14H2,1H3,(H,25,26). The first kappa shape index (κ1) is 19.8. The summed E-state index contributed by atoms with van der Waals surface area (Å²) in [7, 11) is 1.61. The minimum atomic E-state index is -0.945. The molecule has 6 heteroatoms. The Balaban J connectivity index is 1.78. The molecular weight excluding hydrogens is 422 g/mol. The quantitative estimate of drug-likeness (QED) is 0.493. The van der Waals surface area contributed by atoms with Gasteiger partial charge in [-0.05, 0) is 42.0 Å². The number of hydrogen-bond acceptors (Lipinski definition) is 4. The van der Waals surface area contributed by atoms with Gasteiger partial charge in [0, 0.05) is 22.3 Å². The van der Waals surface area contributed by atoms with E-state index in [9.17, 15) is 4.79 Å². The summed E-state index contributed by atoms with van der Waals surface area (Å²) in [5.41, 5.74) is 3.06. The molecule has 0 saturated carbocycles. The van der Waals surface area contributed by atoms with Gasteiger partial charge in [-0.3, -0.25) is 0 Å². The Morgan fingerprint density at radius 1 is 1.07 bits per heavy atom. The van der Waals surface area contributed by atoms with Gasteiger partial charge >= 0.3 is 5.97 Å². The van der Waals surface area contributed by atoms with Crippen LogP contribution in [0.2, 0.25) is 0 Å². The van der Waals surface area contributed by atoms with Crippen LogP contribution in [0.5, 0.6) is 11.5 Å². The number of nitrogens with one attached hydrogen (secondary N) is 1. The first-order valence-electron chi connectivity index (χ1n) is 8.67. The van der Waals surface area contributed by atoms with E-state index in [0.717, 1.165) is 21.3 Å². The summed E-state index contributed by atoms with van der Waals surface area (Å²) < 4.78 is 12.5. The molecule has 0 aliphatic rings. The number of halogens is 1. The molecule has 0 amide bonds. The van der Waals surface area contributed by atoms with Crippen LogP contribution < -0.4 is 14.8 Å². The first-order valence-corrected chi connectivity index (χ1v) is 9.46. The number of carboxylic acid groups (broad SMARTS) is 1. The number of carbonyl (C=O) groups is 1. The lowest BCUT2D eigenvalue weighted by Crippen LogP contribution is -2.06. The van der Waals surface area contributed by atoms with Crippen molar-refractivity contribution >= 4 is 27.6 Å². The number of rotatable bonds is 8. The Hall–Kier alpha value is -2.99. The molecule has 0 aromatic heterocycles. The van der Waals surface area contributed by atoms with Crippen molar-refractivity contribution < 1.29 is 19.4 Å². The molecule has 3 aromatic rings. The van der Waals surface area contributed by atoms with Crippen LogP contribution in [0.25, 0.3) is 0 Å². The van der Waals surface area contributed by atoms with E-state index in [1.165, 1.54) is 0 Å². The molecule has 0 unspecified atom stereocenters. The second-order valence-corrected chi connectivity index (χ2v) is 7.02. The number of hydrogen-bond donors (Lipinski definition) is 2. The highest BCUT2D eigenvalue weighted by atomic mass is 79.9. The Kier molecular flexibility index (Phi) is 6.55. The lowest BCUT2D eigenvalue weighted by molar-refractivity contribution is 0.0697. The summed E-state index contributed by atoms with van der Waals surface area (Å²) in [5, 5.41) is 12.3. The zero-order chi connectivity index (χ0) is 19.9. The lowest BCUT2D eigenvalue weighted by atomic mass is 10.1. The van der Waals surface area contributed by atoms with Gasteiger partial charge in [0.05, 0.1) is 12.7 Å². The van der Waals surface area contributed by atoms with Crippen LogP contribution in [0.4, 0.5) is 5.69 Å². The molecule has 0 bridgehead atoms. The van der Waals surface area contributed by atoms with E-state index in [1.807, 2.05) is 42.5 Å². The highest BCUT2D eigenvalue weighted by Crippen LogP contribution is 2.36. The summed E-state index contributed by atoms with van der Waals surface area (Å²) in [4.78, 5) is 11.0. The van der Waals surface area contributed by atoms with Gasteiger partial charge in [-0.15, -0.1) is 0 Å². The maximum Gasteiger partial charge on any atom is 0.335 e. The van der Waals surface area contributed by atoms with Crippen molar-refractivity contribution in [3.63, 3.8) is 0 Å². The van der Waals surface area contributed by atoms with Crippen molar-refractivity contribution in [1.82, 2.24) is 0 Å². The van der Waals surface area contributed by atoms with E-state index in [-0.39, 0.29) is 5.56 Å². The Morgan fingerprint density at radius 3 is 2.43 bits per heavy atom. The largest absolute Gasteiger partial charge is 0.493 e. The molecule has 0 heterocycles. The summed E-state index contributed by atoms with van der Waals surface area (Å²) in [5.74, 6) is 0.368. The number of carboxylic acids is 1. The van der Waals surface area contributed by atoms with Gasteiger partial charge in [-0.25, -0.2) is 4.79 Å². The second-order valence-electron chi connectivity index (χ2n) is 6.11. The molecule has 0 aliphatic heterocycles. The van der Waals surface area contributed by atoms with Crippen LogP contribution in [0.1, 0.15) is 21.5 Å². The van der Waals surface area contributed by atoms with Gasteiger partial charge in [-0.2, -0.15) is 0 Å². The third kappa shape index (κ3) is 5.04. The molecule has 2 N–H and O–H groups in total. The van der Waals surface area contributed by atoms with Gasteiger partial charge in [0.2, 0.25) is 0 Å². The van der Waals surface area contributed by atoms with Gasteiger partial charge in [0.1, 0.15) is 6.61 Å². The highest BCUT2D eigenvalue weighted by molar-refractivity contribution is 9.10. The van der Waals surface area contributed by atoms with Crippen LogP contribution in [0, 0.1) is 0 Å². The molecule has 0 spiro atoms. The van der Waals surface area contributed by atoms with Crippen LogP contribution in [0.15, 0.2) is 71.2 Å². The van der Waals surface area contributed by atoms with Gasteiger partial charge in [0.15, 0.2) is 11.5 Å². The van der Waals surface area contributed by atoms with E-state index in [4.69, 9.17) is 14.6 Å². The van der Waals surface area contributed by atoms with Crippen molar-refractivity contribution in [3.05, 3.63) is 87.9 Å². The number of ether oxygens (including phenoxy) is 2. The predicted octanol–water partition coefficient (Wildman–Crippen LogP) is 5.35. The first-order chi connectivity index (χ1) is 13.6. The number of benzene rings is 3. The molecule has 0 radical (unpaired) electrons. The molecule has 0 fully saturated rings. The molecule has 28 heavy (non-hydrogen) atoms. The Bertz CT molecular complexity index is 943. The zero-order valence-electron chi connectivity index (χ0n) is 15.3. The SMILES string of the molecule is COc1cc(Br)cc(CNc2ccc(C(=O)O)cc2)c1OCc1ccccc1. The van der Waals surface area contributed by atoms with E-state index in [1.54, 1.807) is 31.4 Å². The lowest BCUT2D eigenvalue weighted by Gasteiger charge is -2.17. The third-order valence-electron chi connectivity index (χ3n) is 4.16. The Morgan fingerprint density at radius 2 is 1.79 bits per heavy atom. The molecule has 3 rings (SSSR count). The fraction of sp³-hybridized carbons (Fsp3) is 0.136. The minimum absolute atomic E-state index is 0.251. The third-order valence-corrected chi connectivity index (χ3v) is 4.62. The average molecular weight is 442 g/mol. The van der Waals surface area contributed by atoms with E-state index in [0.29, 0.717) is 24.7 Å². The summed E-state index contributed by atoms with van der Waals surface area (Å²) in [6, 6.07) is 20.4. The molecule has 144 valence electrons. The van der Waals surface area contributed by atoms with Crippen molar-refractivity contribution in [1.29, 1.82) is 0 Å². The molecule has 0 atom stereocenters. The molecular formula is C22H20BrNO4. The van der Waals surface area contributed by atoms with Gasteiger partial charge < -0.3 is 19.9 Å². The zero-order valence-corrected chi connectivity index (χ0v) is 16.9. The molecule has 0 saturated heterocycles. The predicted molar refractivity (Wildman–Crippen MR) is 112 cm³/mol. The fourth-order valence-corrected chi connectivity index (χ4v) is 3.21. The van der Waals surface area contributed by atoms with Gasteiger partial charge in [-0.1, -0.05) is 46.3 Å². The fourth-order valence-electron chi connectivity index (χ4n) is 2.73. The number of aromatic carboxylic acids is 1. The average Bonchev–Trinajstić information content (AvgIpc) is 2.72. The van der Waals surface area contributed by atoms with E-state index < -0.39 is 5.97 Å². The smallest absolute Gasteiger partial charge is 0.335 e. The van der Waals surface area contributed by atoms with E-state index >= 15 is 0 Å². The maximum absolute atomic E-state index is 11.0. The van der Waals surface area contributed by atoms with Crippen LogP contribution in [-0.4, -0.2) is 18.2 Å².